The van der Waals surface area contributed by atoms with E-state index in [2.05, 4.69) is 46.4 Å². The Kier molecular flexibility index (Phi) is 3.87. The van der Waals surface area contributed by atoms with E-state index < -0.39 is 0 Å². The van der Waals surface area contributed by atoms with Crippen LogP contribution in [-0.4, -0.2) is 27.8 Å². The molecule has 1 aliphatic rings. The zero-order chi connectivity index (χ0) is 13.1. The molecule has 0 saturated carbocycles. The molecule has 3 nitrogen and oxygen atoms in total. The van der Waals surface area contributed by atoms with Gasteiger partial charge in [-0.3, -0.25) is 4.90 Å². The first kappa shape index (κ1) is 12.7. The Morgan fingerprint density at radius 3 is 2.74 bits per heavy atom. The normalized spacial score (nSPS) is 16.3. The highest BCUT2D eigenvalue weighted by atomic mass is 32.1. The summed E-state index contributed by atoms with van der Waals surface area (Å²) in [6, 6.07) is 10.6. The summed E-state index contributed by atoms with van der Waals surface area (Å²) >= 11 is 6.75. The van der Waals surface area contributed by atoms with Crippen molar-refractivity contribution in [2.75, 3.05) is 13.1 Å². The molecule has 0 fully saturated rings. The van der Waals surface area contributed by atoms with E-state index in [4.69, 9.17) is 12.2 Å². The number of aromatic nitrogens is 2. The molecular weight excluding hydrogens is 274 g/mol. The van der Waals surface area contributed by atoms with Gasteiger partial charge in [-0.05, 0) is 29.8 Å². The van der Waals surface area contributed by atoms with Crippen molar-refractivity contribution in [3.8, 4) is 0 Å². The van der Waals surface area contributed by atoms with Crippen molar-refractivity contribution in [3.63, 3.8) is 0 Å². The maximum absolute atomic E-state index is 5.23. The van der Waals surface area contributed by atoms with Crippen LogP contribution in [0.25, 0.3) is 5.57 Å². The molecule has 0 bridgehead atoms. The number of benzene rings is 1. The van der Waals surface area contributed by atoms with Gasteiger partial charge in [0.1, 0.15) is 5.51 Å². The first-order chi connectivity index (χ1) is 9.33. The van der Waals surface area contributed by atoms with Crippen LogP contribution in [0.15, 0.2) is 41.9 Å². The van der Waals surface area contributed by atoms with Crippen molar-refractivity contribution in [3.05, 3.63) is 51.4 Å². The van der Waals surface area contributed by atoms with Crippen LogP contribution >= 0.6 is 23.6 Å². The lowest BCUT2D eigenvalue weighted by molar-refractivity contribution is 0.227. The van der Waals surface area contributed by atoms with Gasteiger partial charge < -0.3 is 0 Å². The molecule has 0 atom stereocenters. The molecule has 5 heteroatoms. The first-order valence-corrected chi connectivity index (χ1v) is 7.59. The molecule has 2 heterocycles. The minimum atomic E-state index is 0.793. The summed E-state index contributed by atoms with van der Waals surface area (Å²) in [6.07, 6.45) is 3.40. The second kappa shape index (κ2) is 5.77. The van der Waals surface area contributed by atoms with Gasteiger partial charge in [-0.2, -0.15) is 5.10 Å². The van der Waals surface area contributed by atoms with Crippen LogP contribution in [0.2, 0.25) is 0 Å². The molecule has 0 aliphatic carbocycles. The molecule has 0 N–H and O–H groups in total. The summed E-state index contributed by atoms with van der Waals surface area (Å²) in [5, 5.41) is 4.26. The molecular formula is C14H15N3S2. The number of rotatable bonds is 3. The van der Waals surface area contributed by atoms with E-state index >= 15 is 0 Å². The summed E-state index contributed by atoms with van der Waals surface area (Å²) in [5.41, 5.74) is 4.59. The maximum atomic E-state index is 5.23. The summed E-state index contributed by atoms with van der Waals surface area (Å²) < 4.78 is 2.74. The molecule has 19 heavy (non-hydrogen) atoms. The van der Waals surface area contributed by atoms with Crippen LogP contribution in [0.3, 0.4) is 0 Å². The van der Waals surface area contributed by atoms with Gasteiger partial charge in [0.25, 0.3) is 0 Å². The van der Waals surface area contributed by atoms with Crippen molar-refractivity contribution in [2.24, 2.45) is 0 Å². The molecule has 1 aromatic heterocycles. The Morgan fingerprint density at radius 1 is 1.26 bits per heavy atom. The van der Waals surface area contributed by atoms with Gasteiger partial charge >= 0.3 is 0 Å². The molecule has 98 valence electrons. The van der Waals surface area contributed by atoms with E-state index in [0.717, 1.165) is 30.1 Å². The van der Waals surface area contributed by atoms with Gasteiger partial charge in [0.2, 0.25) is 0 Å². The summed E-state index contributed by atoms with van der Waals surface area (Å²) in [5.74, 6) is 0. The predicted octanol–water partition coefficient (Wildman–Crippen LogP) is 3.42. The van der Waals surface area contributed by atoms with Crippen molar-refractivity contribution in [1.82, 2.24) is 14.7 Å². The van der Waals surface area contributed by atoms with Gasteiger partial charge in [-0.1, -0.05) is 47.7 Å². The fourth-order valence-corrected chi connectivity index (χ4v) is 2.98. The largest absolute Gasteiger partial charge is 0.280 e. The standard InChI is InChI=1S/C14H15N3S2/c18-14-17(15-10-19-14)11-16-8-6-13(7-9-16)12-4-2-1-3-5-12/h1-6,10H,7-9,11H2. The lowest BCUT2D eigenvalue weighted by Gasteiger charge is -2.26. The lowest BCUT2D eigenvalue weighted by atomic mass is 10.00. The van der Waals surface area contributed by atoms with Crippen molar-refractivity contribution in [1.29, 1.82) is 0 Å². The van der Waals surface area contributed by atoms with Crippen molar-refractivity contribution in [2.45, 2.75) is 13.1 Å². The fraction of sp³-hybridized carbons (Fsp3) is 0.286. The van der Waals surface area contributed by atoms with Crippen molar-refractivity contribution >= 4 is 29.1 Å². The third kappa shape index (κ3) is 3.00. The average Bonchev–Trinajstić information content (AvgIpc) is 2.86. The second-order valence-corrected chi connectivity index (χ2v) is 6.05. The van der Waals surface area contributed by atoms with Gasteiger partial charge in [0, 0.05) is 13.1 Å². The van der Waals surface area contributed by atoms with Crippen LogP contribution in [-0.2, 0) is 6.67 Å². The number of nitrogens with zero attached hydrogens (tertiary/aromatic N) is 3. The second-order valence-electron chi connectivity index (χ2n) is 4.57. The SMILES string of the molecule is S=c1scnn1CN1CC=C(c2ccccc2)CC1. The van der Waals surface area contributed by atoms with E-state index in [1.54, 1.807) is 5.51 Å². The Balaban J connectivity index is 1.67. The summed E-state index contributed by atoms with van der Waals surface area (Å²) in [6.45, 7) is 2.81. The Hall–Kier alpha value is -1.30. The van der Waals surface area contributed by atoms with Gasteiger partial charge in [0.05, 0.1) is 6.67 Å². The first-order valence-electron chi connectivity index (χ1n) is 6.30. The zero-order valence-corrected chi connectivity index (χ0v) is 12.2. The summed E-state index contributed by atoms with van der Waals surface area (Å²) in [4.78, 5) is 2.36. The van der Waals surface area contributed by atoms with E-state index in [1.165, 1.54) is 22.5 Å². The molecule has 0 unspecified atom stereocenters. The quantitative estimate of drug-likeness (QED) is 0.808. The van der Waals surface area contributed by atoms with Crippen molar-refractivity contribution < 1.29 is 0 Å². The molecule has 0 radical (unpaired) electrons. The molecule has 1 aliphatic heterocycles. The van der Waals surface area contributed by atoms with E-state index in [9.17, 15) is 0 Å². The Morgan fingerprint density at radius 2 is 2.11 bits per heavy atom. The van der Waals surface area contributed by atoms with Gasteiger partial charge in [-0.15, -0.1) is 0 Å². The van der Waals surface area contributed by atoms with Gasteiger partial charge in [0.15, 0.2) is 3.95 Å². The molecule has 3 rings (SSSR count). The van der Waals surface area contributed by atoms with E-state index in [0.29, 0.717) is 0 Å². The van der Waals surface area contributed by atoms with Crippen LogP contribution < -0.4 is 0 Å². The third-order valence-electron chi connectivity index (χ3n) is 3.32. The average molecular weight is 289 g/mol. The Bertz CT molecular complexity index is 627. The molecule has 0 spiro atoms. The monoisotopic (exact) mass is 289 g/mol. The van der Waals surface area contributed by atoms with Crippen LogP contribution in [0, 0.1) is 3.95 Å². The van der Waals surface area contributed by atoms with E-state index in [1.807, 2.05) is 4.68 Å². The molecule has 0 saturated heterocycles. The van der Waals surface area contributed by atoms with Crippen LogP contribution in [0.1, 0.15) is 12.0 Å². The predicted molar refractivity (Wildman–Crippen MR) is 81.5 cm³/mol. The summed E-state index contributed by atoms with van der Waals surface area (Å²) in [7, 11) is 0. The third-order valence-corrected chi connectivity index (χ3v) is 4.43. The fourth-order valence-electron chi connectivity index (χ4n) is 2.27. The lowest BCUT2D eigenvalue weighted by Crippen LogP contribution is -2.31. The van der Waals surface area contributed by atoms with Crippen LogP contribution in [0.5, 0.6) is 0 Å². The minimum absolute atomic E-state index is 0.793. The Labute approximate surface area is 121 Å². The molecule has 2 aromatic rings. The molecule has 0 amide bonds. The minimum Gasteiger partial charge on any atom is -0.280 e. The molecule has 1 aromatic carbocycles. The smallest absolute Gasteiger partial charge is 0.180 e. The number of hydrogen-bond donors (Lipinski definition) is 0. The highest BCUT2D eigenvalue weighted by molar-refractivity contribution is 7.73. The highest BCUT2D eigenvalue weighted by Crippen LogP contribution is 2.22. The topological polar surface area (TPSA) is 21.1 Å². The van der Waals surface area contributed by atoms with Crippen LogP contribution in [0.4, 0.5) is 0 Å². The maximum Gasteiger partial charge on any atom is 0.180 e. The van der Waals surface area contributed by atoms with E-state index in [-0.39, 0.29) is 0 Å². The zero-order valence-electron chi connectivity index (χ0n) is 10.5. The highest BCUT2D eigenvalue weighted by Gasteiger charge is 2.13. The van der Waals surface area contributed by atoms with Gasteiger partial charge in [-0.25, -0.2) is 4.68 Å². The number of hydrogen-bond acceptors (Lipinski definition) is 4.